The van der Waals surface area contributed by atoms with Crippen molar-refractivity contribution in [2.24, 2.45) is 0 Å². The highest BCUT2D eigenvalue weighted by atomic mass is 31.2. The smallest absolute Gasteiger partial charge is 0.394 e. The quantitative estimate of drug-likeness (QED) is 0.440. The molecule has 3 rings (SSSR count). The zero-order chi connectivity index (χ0) is 17.0. The number of phosphoric ester groups is 1. The Labute approximate surface area is 128 Å². The number of hydrogen-bond donors (Lipinski definition) is 4. The molecule has 1 aromatic heterocycles. The lowest BCUT2D eigenvalue weighted by Gasteiger charge is -2.44. The van der Waals surface area contributed by atoms with Gasteiger partial charge in [0.05, 0.1) is 13.2 Å². The molecule has 128 valence electrons. The van der Waals surface area contributed by atoms with Crippen LogP contribution in [-0.4, -0.2) is 56.0 Å². The lowest BCUT2D eigenvalue weighted by molar-refractivity contribution is -0.278. The van der Waals surface area contributed by atoms with E-state index in [1.807, 2.05) is 0 Å². The van der Waals surface area contributed by atoms with E-state index in [-0.39, 0.29) is 12.2 Å². The first-order valence-corrected chi connectivity index (χ1v) is 8.18. The van der Waals surface area contributed by atoms with Gasteiger partial charge in [0.25, 0.3) is 5.56 Å². The Morgan fingerprint density at radius 3 is 2.74 bits per heavy atom. The molecule has 2 fully saturated rings. The molecule has 1 aromatic rings. The van der Waals surface area contributed by atoms with Gasteiger partial charge in [-0.25, -0.2) is 9.36 Å². The minimum Gasteiger partial charge on any atom is -0.394 e. The van der Waals surface area contributed by atoms with Crippen molar-refractivity contribution in [3.05, 3.63) is 32.6 Å². The van der Waals surface area contributed by atoms with Crippen molar-refractivity contribution in [3.63, 3.8) is 0 Å². The summed E-state index contributed by atoms with van der Waals surface area (Å²) >= 11 is 0. The molecule has 4 N–H and O–H groups in total. The summed E-state index contributed by atoms with van der Waals surface area (Å²) in [5.74, 6) is 0. The molecule has 3 heterocycles. The highest BCUT2D eigenvalue weighted by Gasteiger charge is 2.65. The lowest BCUT2D eigenvalue weighted by atomic mass is 9.97. The Hall–Kier alpha value is -1.33. The number of phosphoric acid groups is 1. The summed E-state index contributed by atoms with van der Waals surface area (Å²) in [6, 6.07) is 0. The number of aryl methyl sites for hydroxylation is 1. The largest absolute Gasteiger partial charge is 0.470 e. The highest BCUT2D eigenvalue weighted by Crippen LogP contribution is 2.50. The van der Waals surface area contributed by atoms with E-state index in [1.54, 1.807) is 0 Å². The van der Waals surface area contributed by atoms with E-state index in [0.29, 0.717) is 0 Å². The number of fused-ring (bicyclic) bond motifs is 1. The number of hydrogen-bond acceptors (Lipinski definition) is 7. The minimum atomic E-state index is -4.86. The minimum absolute atomic E-state index is 0.0967. The monoisotopic (exact) mass is 350 g/mol. The van der Waals surface area contributed by atoms with Gasteiger partial charge in [-0.15, -0.1) is 0 Å². The number of aromatic nitrogens is 2. The van der Waals surface area contributed by atoms with Crippen LogP contribution in [0.5, 0.6) is 0 Å². The highest BCUT2D eigenvalue weighted by molar-refractivity contribution is 7.46. The van der Waals surface area contributed by atoms with Crippen LogP contribution in [0.1, 0.15) is 5.56 Å². The van der Waals surface area contributed by atoms with Crippen LogP contribution in [0, 0.1) is 6.92 Å². The molecule has 23 heavy (non-hydrogen) atoms. The number of H-pyrrole nitrogens is 1. The van der Waals surface area contributed by atoms with Gasteiger partial charge in [-0.1, -0.05) is 0 Å². The van der Waals surface area contributed by atoms with Crippen LogP contribution >= 0.6 is 7.82 Å². The molecule has 0 aromatic carbocycles. The molecule has 0 saturated carbocycles. The first-order valence-electron chi connectivity index (χ1n) is 6.65. The second-order valence-corrected chi connectivity index (χ2v) is 6.61. The molecule has 2 saturated heterocycles. The molecule has 12 heteroatoms. The Balaban J connectivity index is 2.04. The van der Waals surface area contributed by atoms with Crippen molar-refractivity contribution in [1.82, 2.24) is 9.55 Å². The first-order chi connectivity index (χ1) is 10.7. The maximum atomic E-state index is 12.1. The van der Waals surface area contributed by atoms with Gasteiger partial charge >= 0.3 is 13.5 Å². The number of nitrogens with one attached hydrogen (secondary N) is 1. The van der Waals surface area contributed by atoms with Gasteiger partial charge in [0.15, 0.2) is 0 Å². The Bertz CT molecular complexity index is 782. The molecule has 2 aliphatic rings. The standard InChI is InChI=1S/C11H15N2O9P/c1-5-2-13(10(16)12-9(5)15)11-4-20-8(11)7(6(3-14)21-11)22-23(17,18)19/h2,6-8,14H,3-4H2,1H3,(H,12,15,16)(H2,17,18,19)/t6-,7-,8-,11-/m1/s1. The zero-order valence-electron chi connectivity index (χ0n) is 11.9. The molecular weight excluding hydrogens is 335 g/mol. The Morgan fingerprint density at radius 2 is 2.22 bits per heavy atom. The van der Waals surface area contributed by atoms with E-state index in [4.69, 9.17) is 19.3 Å². The van der Waals surface area contributed by atoms with Crippen molar-refractivity contribution in [2.45, 2.75) is 31.0 Å². The molecule has 0 unspecified atom stereocenters. The van der Waals surface area contributed by atoms with E-state index >= 15 is 0 Å². The van der Waals surface area contributed by atoms with Gasteiger partial charge < -0.3 is 24.4 Å². The van der Waals surface area contributed by atoms with E-state index in [0.717, 1.165) is 4.57 Å². The van der Waals surface area contributed by atoms with Crippen molar-refractivity contribution in [1.29, 1.82) is 0 Å². The summed E-state index contributed by atoms with van der Waals surface area (Å²) in [6.45, 7) is 0.798. The lowest BCUT2D eigenvalue weighted by Crippen LogP contribution is -2.63. The summed E-state index contributed by atoms with van der Waals surface area (Å²) in [6.07, 6.45) is -2.12. The van der Waals surface area contributed by atoms with Crippen LogP contribution in [0.25, 0.3) is 0 Å². The van der Waals surface area contributed by atoms with E-state index < -0.39 is 49.7 Å². The summed E-state index contributed by atoms with van der Waals surface area (Å²) in [7, 11) is -4.86. The van der Waals surface area contributed by atoms with E-state index in [1.165, 1.54) is 13.1 Å². The van der Waals surface area contributed by atoms with Crippen molar-refractivity contribution in [3.8, 4) is 0 Å². The average molecular weight is 350 g/mol. The molecule has 11 nitrogen and oxygen atoms in total. The first kappa shape index (κ1) is 16.5. The van der Waals surface area contributed by atoms with Crippen LogP contribution < -0.4 is 11.2 Å². The van der Waals surface area contributed by atoms with Crippen molar-refractivity contribution in [2.75, 3.05) is 13.2 Å². The normalized spacial score (nSPS) is 33.3. The van der Waals surface area contributed by atoms with Gasteiger partial charge in [-0.05, 0) is 6.92 Å². The summed E-state index contributed by atoms with van der Waals surface area (Å²) in [5.41, 5.74) is -2.48. The topological polar surface area (TPSA) is 160 Å². The summed E-state index contributed by atoms with van der Waals surface area (Å²) < 4.78 is 27.7. The zero-order valence-corrected chi connectivity index (χ0v) is 12.8. The fourth-order valence-electron chi connectivity index (χ4n) is 2.83. The van der Waals surface area contributed by atoms with Crippen LogP contribution in [0.3, 0.4) is 0 Å². The molecule has 0 aliphatic carbocycles. The Morgan fingerprint density at radius 1 is 1.52 bits per heavy atom. The van der Waals surface area contributed by atoms with E-state index in [9.17, 15) is 19.3 Å². The predicted octanol–water partition coefficient (Wildman–Crippen LogP) is -2.23. The number of aliphatic hydroxyl groups excluding tert-OH is 1. The molecule has 0 radical (unpaired) electrons. The molecular formula is C11H15N2O9P. The maximum Gasteiger partial charge on any atom is 0.470 e. The van der Waals surface area contributed by atoms with E-state index in [2.05, 4.69) is 9.51 Å². The average Bonchev–Trinajstić information content (AvgIpc) is 2.60. The fourth-order valence-corrected chi connectivity index (χ4v) is 3.40. The maximum absolute atomic E-state index is 12.1. The molecule has 0 spiro atoms. The number of aromatic amines is 1. The van der Waals surface area contributed by atoms with Crippen molar-refractivity contribution < 1.29 is 33.5 Å². The van der Waals surface area contributed by atoms with Gasteiger partial charge in [0, 0.05) is 11.8 Å². The van der Waals surface area contributed by atoms with Gasteiger partial charge in [-0.3, -0.25) is 18.9 Å². The number of ether oxygens (including phenoxy) is 2. The molecule has 0 amide bonds. The molecule has 2 aliphatic heterocycles. The third-order valence-electron chi connectivity index (χ3n) is 3.90. The van der Waals surface area contributed by atoms with Crippen LogP contribution in [0.4, 0.5) is 0 Å². The Kier molecular flexibility index (Phi) is 3.84. The third-order valence-corrected chi connectivity index (χ3v) is 4.42. The number of nitrogens with zero attached hydrogens (tertiary/aromatic N) is 1. The SMILES string of the molecule is Cc1cn([C@@]23CO[C@@H]2[C@H](OP(=O)(O)O)[C@@H](CO)O3)c(=O)[nH]c1=O. The van der Waals surface area contributed by atoms with Crippen LogP contribution in [-0.2, 0) is 24.3 Å². The van der Waals surface area contributed by atoms with Crippen LogP contribution in [0.2, 0.25) is 0 Å². The van der Waals surface area contributed by atoms with Gasteiger partial charge in [-0.2, -0.15) is 0 Å². The summed E-state index contributed by atoms with van der Waals surface area (Å²) in [4.78, 5) is 43.6. The second-order valence-electron chi connectivity index (χ2n) is 5.42. The number of aliphatic hydroxyl groups is 1. The molecule has 4 atom stereocenters. The van der Waals surface area contributed by atoms with Gasteiger partial charge in [0.2, 0.25) is 5.72 Å². The number of rotatable bonds is 4. The van der Waals surface area contributed by atoms with Gasteiger partial charge in [0.1, 0.15) is 18.3 Å². The predicted molar refractivity (Wildman–Crippen MR) is 72.6 cm³/mol. The second kappa shape index (κ2) is 5.35. The van der Waals surface area contributed by atoms with Crippen LogP contribution in [0.15, 0.2) is 15.8 Å². The third kappa shape index (κ3) is 2.60. The fraction of sp³-hybridized carbons (Fsp3) is 0.636. The summed E-state index contributed by atoms with van der Waals surface area (Å²) in [5, 5.41) is 9.37. The van der Waals surface area contributed by atoms with Crippen molar-refractivity contribution >= 4 is 7.82 Å². The molecule has 0 bridgehead atoms.